The zero-order valence-corrected chi connectivity index (χ0v) is 27.9. The molecule has 0 saturated heterocycles. The zero-order valence-electron chi connectivity index (χ0n) is 21.4. The lowest BCUT2D eigenvalue weighted by atomic mass is 9.86. The molecule has 0 spiro atoms. The standard InChI is InChI=1S/C36H24I3N/c37-28-17-11-25(12-18-28)33-23-24-34(40(31-7-3-1-4-8-31)32-9-5-2-6-10-32)36(27-15-21-30(39)22-16-27)35(33)26-13-19-29(38)20-14-26/h1-24H. The van der Waals surface area contributed by atoms with Crippen molar-refractivity contribution in [2.75, 3.05) is 4.90 Å². The number of nitrogens with zero attached hydrogens (tertiary/aromatic N) is 1. The van der Waals surface area contributed by atoms with Gasteiger partial charge in [0, 0.05) is 27.6 Å². The molecule has 0 heterocycles. The van der Waals surface area contributed by atoms with Crippen LogP contribution in [0.4, 0.5) is 17.1 Å². The van der Waals surface area contributed by atoms with Crippen molar-refractivity contribution >= 4 is 84.8 Å². The monoisotopic (exact) mass is 851 g/mol. The molecule has 0 saturated carbocycles. The Morgan fingerprint density at radius 2 is 0.750 bits per heavy atom. The molecule has 0 atom stereocenters. The molecule has 1 nitrogen and oxygen atoms in total. The number of hydrogen-bond acceptors (Lipinski definition) is 1. The summed E-state index contributed by atoms with van der Waals surface area (Å²) in [4.78, 5) is 2.38. The normalized spacial score (nSPS) is 10.9. The van der Waals surface area contributed by atoms with Gasteiger partial charge in [-0.25, -0.2) is 0 Å². The summed E-state index contributed by atoms with van der Waals surface area (Å²) in [6, 6.07) is 52.5. The van der Waals surface area contributed by atoms with Gasteiger partial charge in [-0.05, 0) is 162 Å². The number of rotatable bonds is 6. The number of hydrogen-bond donors (Lipinski definition) is 0. The quantitative estimate of drug-likeness (QED) is 0.151. The molecule has 4 heteroatoms. The van der Waals surface area contributed by atoms with Crippen molar-refractivity contribution < 1.29 is 0 Å². The molecule has 0 N–H and O–H groups in total. The summed E-state index contributed by atoms with van der Waals surface area (Å²) in [5.74, 6) is 0. The molecule has 6 aromatic carbocycles. The van der Waals surface area contributed by atoms with Crippen LogP contribution in [0.3, 0.4) is 0 Å². The van der Waals surface area contributed by atoms with Gasteiger partial charge >= 0.3 is 0 Å². The van der Waals surface area contributed by atoms with Crippen LogP contribution in [0.5, 0.6) is 0 Å². The van der Waals surface area contributed by atoms with Crippen LogP contribution in [0.1, 0.15) is 0 Å². The third kappa shape index (κ3) is 5.85. The van der Waals surface area contributed by atoms with Crippen LogP contribution >= 0.6 is 67.8 Å². The first-order valence-electron chi connectivity index (χ1n) is 12.9. The summed E-state index contributed by atoms with van der Waals surface area (Å²) < 4.78 is 3.67. The molecule has 6 rings (SSSR count). The van der Waals surface area contributed by atoms with E-state index in [2.05, 4.69) is 218 Å². The van der Waals surface area contributed by atoms with Crippen molar-refractivity contribution in [3.8, 4) is 33.4 Å². The van der Waals surface area contributed by atoms with Crippen LogP contribution < -0.4 is 4.90 Å². The fourth-order valence-corrected chi connectivity index (χ4v) is 6.13. The topological polar surface area (TPSA) is 3.24 Å². The van der Waals surface area contributed by atoms with Crippen molar-refractivity contribution in [3.05, 3.63) is 156 Å². The second kappa shape index (κ2) is 12.4. The van der Waals surface area contributed by atoms with E-state index in [0.717, 1.165) is 17.1 Å². The van der Waals surface area contributed by atoms with E-state index in [1.54, 1.807) is 0 Å². The highest BCUT2D eigenvalue weighted by Gasteiger charge is 2.23. The molecule has 0 fully saturated rings. The van der Waals surface area contributed by atoms with Gasteiger partial charge in [0.15, 0.2) is 0 Å². The smallest absolute Gasteiger partial charge is 0.0546 e. The van der Waals surface area contributed by atoms with Gasteiger partial charge in [0.25, 0.3) is 0 Å². The Labute approximate surface area is 276 Å². The minimum absolute atomic E-state index is 1.12. The van der Waals surface area contributed by atoms with E-state index >= 15 is 0 Å². The minimum Gasteiger partial charge on any atom is -0.310 e. The lowest BCUT2D eigenvalue weighted by Gasteiger charge is -2.30. The molecule has 0 bridgehead atoms. The molecular formula is C36H24I3N. The number of halogens is 3. The van der Waals surface area contributed by atoms with Gasteiger partial charge in [0.1, 0.15) is 0 Å². The van der Waals surface area contributed by atoms with Gasteiger partial charge in [0.05, 0.1) is 5.69 Å². The van der Waals surface area contributed by atoms with E-state index in [-0.39, 0.29) is 0 Å². The van der Waals surface area contributed by atoms with E-state index in [4.69, 9.17) is 0 Å². The van der Waals surface area contributed by atoms with E-state index in [1.165, 1.54) is 44.1 Å². The summed E-state index contributed by atoms with van der Waals surface area (Å²) in [5.41, 5.74) is 10.6. The summed E-state index contributed by atoms with van der Waals surface area (Å²) in [6.07, 6.45) is 0. The van der Waals surface area contributed by atoms with Crippen LogP contribution in [0.15, 0.2) is 146 Å². The second-order valence-electron chi connectivity index (χ2n) is 9.41. The maximum absolute atomic E-state index is 2.39. The fraction of sp³-hybridized carbons (Fsp3) is 0. The Kier molecular flexibility index (Phi) is 8.55. The summed E-state index contributed by atoms with van der Waals surface area (Å²) in [6.45, 7) is 0. The molecule has 0 aliphatic heterocycles. The predicted octanol–water partition coefficient (Wildman–Crippen LogP) is 12.0. The Bertz CT molecular complexity index is 1690. The SMILES string of the molecule is Ic1ccc(-c2ccc(N(c3ccccc3)c3ccccc3)c(-c3ccc(I)cc3)c2-c2ccc(I)cc2)cc1. The molecule has 0 aromatic heterocycles. The number of anilines is 3. The molecular weight excluding hydrogens is 827 g/mol. The summed E-state index contributed by atoms with van der Waals surface area (Å²) in [5, 5.41) is 0. The van der Waals surface area contributed by atoms with E-state index in [9.17, 15) is 0 Å². The van der Waals surface area contributed by atoms with E-state index in [1.807, 2.05) is 0 Å². The van der Waals surface area contributed by atoms with Gasteiger partial charge < -0.3 is 4.90 Å². The molecule has 6 aromatic rings. The predicted molar refractivity (Wildman–Crippen MR) is 196 cm³/mol. The van der Waals surface area contributed by atoms with Gasteiger partial charge in [-0.3, -0.25) is 0 Å². The first-order chi connectivity index (χ1) is 19.6. The Balaban J connectivity index is 1.73. The average Bonchev–Trinajstić information content (AvgIpc) is 3.00. The fourth-order valence-electron chi connectivity index (χ4n) is 5.05. The molecule has 0 unspecified atom stereocenters. The minimum atomic E-state index is 1.12. The van der Waals surface area contributed by atoms with E-state index < -0.39 is 0 Å². The van der Waals surface area contributed by atoms with Crippen molar-refractivity contribution in [1.82, 2.24) is 0 Å². The van der Waals surface area contributed by atoms with Crippen LogP contribution in [-0.4, -0.2) is 0 Å². The lowest BCUT2D eigenvalue weighted by Crippen LogP contribution is -2.12. The molecule has 0 amide bonds. The Morgan fingerprint density at radius 3 is 1.20 bits per heavy atom. The molecule has 0 aliphatic carbocycles. The largest absolute Gasteiger partial charge is 0.310 e. The first kappa shape index (κ1) is 27.5. The van der Waals surface area contributed by atoms with Crippen LogP contribution in [0, 0.1) is 10.7 Å². The van der Waals surface area contributed by atoms with Gasteiger partial charge in [-0.2, -0.15) is 0 Å². The second-order valence-corrected chi connectivity index (χ2v) is 13.1. The summed E-state index contributed by atoms with van der Waals surface area (Å²) in [7, 11) is 0. The third-order valence-electron chi connectivity index (χ3n) is 6.87. The van der Waals surface area contributed by atoms with Crippen molar-refractivity contribution in [2.45, 2.75) is 0 Å². The maximum atomic E-state index is 2.39. The van der Waals surface area contributed by atoms with Crippen molar-refractivity contribution in [3.63, 3.8) is 0 Å². The highest BCUT2D eigenvalue weighted by atomic mass is 127. The highest BCUT2D eigenvalue weighted by Crippen LogP contribution is 2.49. The highest BCUT2D eigenvalue weighted by molar-refractivity contribution is 14.1. The van der Waals surface area contributed by atoms with Gasteiger partial charge in [-0.1, -0.05) is 78.9 Å². The van der Waals surface area contributed by atoms with E-state index in [0.29, 0.717) is 0 Å². The van der Waals surface area contributed by atoms with Crippen LogP contribution in [0.25, 0.3) is 33.4 Å². The first-order valence-corrected chi connectivity index (χ1v) is 16.2. The zero-order chi connectivity index (χ0) is 27.5. The Hall–Kier alpha value is -2.69. The number of para-hydroxylation sites is 2. The Morgan fingerprint density at radius 1 is 0.350 bits per heavy atom. The molecule has 194 valence electrons. The van der Waals surface area contributed by atoms with Crippen molar-refractivity contribution in [2.24, 2.45) is 0 Å². The maximum Gasteiger partial charge on any atom is 0.0546 e. The number of benzene rings is 6. The summed E-state index contributed by atoms with van der Waals surface area (Å²) >= 11 is 7.15. The third-order valence-corrected chi connectivity index (χ3v) is 9.03. The average molecular weight is 851 g/mol. The molecule has 0 aliphatic rings. The van der Waals surface area contributed by atoms with Gasteiger partial charge in [0.2, 0.25) is 0 Å². The van der Waals surface area contributed by atoms with Crippen LogP contribution in [0.2, 0.25) is 0 Å². The molecule has 0 radical (unpaired) electrons. The molecule has 40 heavy (non-hydrogen) atoms. The van der Waals surface area contributed by atoms with Crippen LogP contribution in [-0.2, 0) is 0 Å². The lowest BCUT2D eigenvalue weighted by molar-refractivity contribution is 1.28. The van der Waals surface area contributed by atoms with Gasteiger partial charge in [-0.15, -0.1) is 0 Å². The van der Waals surface area contributed by atoms with Crippen molar-refractivity contribution in [1.29, 1.82) is 0 Å².